The van der Waals surface area contributed by atoms with Gasteiger partial charge in [-0.05, 0) is 86.7 Å². The Morgan fingerprint density at radius 2 is 1.03 bits per heavy atom. The molecule has 0 aromatic heterocycles. The van der Waals surface area contributed by atoms with Gasteiger partial charge in [-0.3, -0.25) is 0 Å². The molecule has 0 bridgehead atoms. The van der Waals surface area contributed by atoms with E-state index in [2.05, 4.69) is 139 Å². The second-order valence-corrected chi connectivity index (χ2v) is 10.5. The zero-order valence-electron chi connectivity index (χ0n) is 21.1. The SMILES string of the molecule is C1=C(Nc2ccc3c(c2)C2(c4ccccc4-c4ccccc42)c2ccccc2-3)CCC(c2ccccc2)=C1. The fourth-order valence-electron chi connectivity index (χ4n) is 6.99. The molecule has 0 radical (unpaired) electrons. The van der Waals surface area contributed by atoms with Gasteiger partial charge < -0.3 is 5.32 Å². The number of hydrogen-bond donors (Lipinski definition) is 1. The topological polar surface area (TPSA) is 12.0 Å². The zero-order chi connectivity index (χ0) is 25.1. The third-order valence-corrected chi connectivity index (χ3v) is 8.60. The predicted molar refractivity (Wildman–Crippen MR) is 158 cm³/mol. The molecule has 0 atom stereocenters. The van der Waals surface area contributed by atoms with Crippen molar-refractivity contribution in [3.8, 4) is 22.3 Å². The molecule has 1 nitrogen and oxygen atoms in total. The first kappa shape index (κ1) is 21.5. The van der Waals surface area contributed by atoms with Crippen LogP contribution in [0, 0.1) is 0 Å². The van der Waals surface area contributed by atoms with E-state index >= 15 is 0 Å². The molecule has 0 heterocycles. The van der Waals surface area contributed by atoms with E-state index in [0.717, 1.165) is 18.5 Å². The number of fused-ring (bicyclic) bond motifs is 10. The smallest absolute Gasteiger partial charge is 0.0726 e. The van der Waals surface area contributed by atoms with E-state index in [0.29, 0.717) is 0 Å². The average Bonchev–Trinajstić information content (AvgIpc) is 3.45. The van der Waals surface area contributed by atoms with Crippen molar-refractivity contribution in [3.05, 3.63) is 167 Å². The molecule has 0 aliphatic heterocycles. The van der Waals surface area contributed by atoms with E-state index in [9.17, 15) is 0 Å². The highest BCUT2D eigenvalue weighted by atomic mass is 14.9. The molecule has 38 heavy (non-hydrogen) atoms. The second-order valence-electron chi connectivity index (χ2n) is 10.5. The Morgan fingerprint density at radius 3 is 1.61 bits per heavy atom. The van der Waals surface area contributed by atoms with Gasteiger partial charge in [0.1, 0.15) is 0 Å². The minimum atomic E-state index is -0.294. The maximum atomic E-state index is 3.78. The van der Waals surface area contributed by atoms with Crippen molar-refractivity contribution in [2.24, 2.45) is 0 Å². The van der Waals surface area contributed by atoms with Gasteiger partial charge in [-0.25, -0.2) is 0 Å². The van der Waals surface area contributed by atoms with Crippen molar-refractivity contribution in [1.82, 2.24) is 0 Å². The Kier molecular flexibility index (Phi) is 4.63. The molecule has 3 aliphatic rings. The Hall–Kier alpha value is -4.62. The maximum absolute atomic E-state index is 3.78. The summed E-state index contributed by atoms with van der Waals surface area (Å²) in [5.74, 6) is 0. The van der Waals surface area contributed by atoms with Gasteiger partial charge in [0.25, 0.3) is 0 Å². The summed E-state index contributed by atoms with van der Waals surface area (Å²) >= 11 is 0. The lowest BCUT2D eigenvalue weighted by molar-refractivity contribution is 0.794. The van der Waals surface area contributed by atoms with Crippen LogP contribution >= 0.6 is 0 Å². The molecular formula is C37H27N. The van der Waals surface area contributed by atoms with E-state index < -0.39 is 0 Å². The molecule has 1 spiro atoms. The average molecular weight is 486 g/mol. The highest BCUT2D eigenvalue weighted by Crippen LogP contribution is 2.62. The van der Waals surface area contributed by atoms with Crippen LogP contribution in [0.25, 0.3) is 27.8 Å². The first-order valence-electron chi connectivity index (χ1n) is 13.5. The van der Waals surface area contributed by atoms with Gasteiger partial charge in [-0.15, -0.1) is 0 Å². The molecule has 5 aromatic rings. The van der Waals surface area contributed by atoms with Crippen molar-refractivity contribution in [2.45, 2.75) is 18.3 Å². The summed E-state index contributed by atoms with van der Waals surface area (Å²) in [4.78, 5) is 0. The molecule has 3 aliphatic carbocycles. The van der Waals surface area contributed by atoms with Crippen LogP contribution in [0.1, 0.15) is 40.7 Å². The summed E-state index contributed by atoms with van der Waals surface area (Å²) in [7, 11) is 0. The molecular weight excluding hydrogens is 458 g/mol. The standard InChI is InChI=1S/C37H27N/c1-2-10-25(11-3-1)26-18-20-27(21-19-26)38-28-22-23-32-31-14-6-9-17-35(31)37(36(32)24-28)33-15-7-4-12-29(33)30-13-5-8-16-34(30)37/h1-18,20,22-24,38H,19,21H2. The summed E-state index contributed by atoms with van der Waals surface area (Å²) in [6.07, 6.45) is 6.58. The summed E-state index contributed by atoms with van der Waals surface area (Å²) < 4.78 is 0. The van der Waals surface area contributed by atoms with Crippen LogP contribution in [0.4, 0.5) is 5.69 Å². The van der Waals surface area contributed by atoms with E-state index in [1.807, 2.05) is 0 Å². The summed E-state index contributed by atoms with van der Waals surface area (Å²) in [5.41, 5.74) is 15.7. The lowest BCUT2D eigenvalue weighted by atomic mass is 9.70. The van der Waals surface area contributed by atoms with E-state index in [1.54, 1.807) is 0 Å². The number of benzene rings is 5. The van der Waals surface area contributed by atoms with Gasteiger partial charge >= 0.3 is 0 Å². The number of rotatable bonds is 3. The van der Waals surface area contributed by atoms with Crippen molar-refractivity contribution in [2.75, 3.05) is 5.32 Å². The number of hydrogen-bond acceptors (Lipinski definition) is 1. The van der Waals surface area contributed by atoms with Gasteiger partial charge in [-0.2, -0.15) is 0 Å². The molecule has 5 aromatic carbocycles. The molecule has 1 N–H and O–H groups in total. The first-order chi connectivity index (χ1) is 18.8. The lowest BCUT2D eigenvalue weighted by Crippen LogP contribution is -2.25. The van der Waals surface area contributed by atoms with Crippen LogP contribution in [0.3, 0.4) is 0 Å². The number of nitrogens with one attached hydrogen (secondary N) is 1. The van der Waals surface area contributed by atoms with Crippen LogP contribution in [0.15, 0.2) is 139 Å². The Labute approximate surface area is 223 Å². The van der Waals surface area contributed by atoms with Crippen LogP contribution in [-0.2, 0) is 5.41 Å². The van der Waals surface area contributed by atoms with Gasteiger partial charge in [0.2, 0.25) is 0 Å². The Bertz CT molecular complexity index is 1720. The number of allylic oxidation sites excluding steroid dienone is 4. The van der Waals surface area contributed by atoms with Crippen molar-refractivity contribution in [1.29, 1.82) is 0 Å². The van der Waals surface area contributed by atoms with Crippen molar-refractivity contribution < 1.29 is 0 Å². The third kappa shape index (κ3) is 2.93. The molecule has 0 saturated carbocycles. The molecule has 1 heteroatoms. The molecule has 8 rings (SSSR count). The van der Waals surface area contributed by atoms with Crippen LogP contribution < -0.4 is 5.32 Å². The first-order valence-corrected chi connectivity index (χ1v) is 13.5. The van der Waals surface area contributed by atoms with Crippen LogP contribution in [-0.4, -0.2) is 0 Å². The maximum Gasteiger partial charge on any atom is 0.0726 e. The fraction of sp³-hybridized carbons (Fsp3) is 0.0811. The Balaban J connectivity index is 1.27. The van der Waals surface area contributed by atoms with Crippen molar-refractivity contribution >= 4 is 11.3 Å². The van der Waals surface area contributed by atoms with Gasteiger partial charge in [0, 0.05) is 11.4 Å². The lowest BCUT2D eigenvalue weighted by Gasteiger charge is -2.30. The molecule has 180 valence electrons. The molecule has 0 amide bonds. The van der Waals surface area contributed by atoms with Crippen LogP contribution in [0.5, 0.6) is 0 Å². The summed E-state index contributed by atoms with van der Waals surface area (Å²) in [5, 5.41) is 3.78. The van der Waals surface area contributed by atoms with Gasteiger partial charge in [0.05, 0.1) is 5.41 Å². The van der Waals surface area contributed by atoms with E-state index in [4.69, 9.17) is 0 Å². The minimum absolute atomic E-state index is 0.294. The summed E-state index contributed by atoms with van der Waals surface area (Å²) in [6, 6.07) is 44.6. The minimum Gasteiger partial charge on any atom is -0.359 e. The van der Waals surface area contributed by atoms with Gasteiger partial charge in [0.15, 0.2) is 0 Å². The fourth-order valence-corrected chi connectivity index (χ4v) is 6.99. The van der Waals surface area contributed by atoms with E-state index in [1.165, 1.54) is 61.3 Å². The number of anilines is 1. The largest absolute Gasteiger partial charge is 0.359 e. The highest BCUT2D eigenvalue weighted by Gasteiger charge is 2.51. The van der Waals surface area contributed by atoms with Crippen LogP contribution in [0.2, 0.25) is 0 Å². The highest BCUT2D eigenvalue weighted by molar-refractivity contribution is 5.95. The summed E-state index contributed by atoms with van der Waals surface area (Å²) in [6.45, 7) is 0. The normalized spacial score (nSPS) is 15.7. The van der Waals surface area contributed by atoms with Crippen molar-refractivity contribution in [3.63, 3.8) is 0 Å². The second kappa shape index (κ2) is 8.19. The zero-order valence-corrected chi connectivity index (χ0v) is 21.1. The quantitative estimate of drug-likeness (QED) is 0.263. The van der Waals surface area contributed by atoms with E-state index in [-0.39, 0.29) is 5.41 Å². The monoisotopic (exact) mass is 485 g/mol. The third-order valence-electron chi connectivity index (χ3n) is 8.60. The molecule has 0 saturated heterocycles. The van der Waals surface area contributed by atoms with Gasteiger partial charge in [-0.1, -0.05) is 115 Å². The Morgan fingerprint density at radius 1 is 0.474 bits per heavy atom. The molecule has 0 unspecified atom stereocenters. The predicted octanol–water partition coefficient (Wildman–Crippen LogP) is 9.20. The molecule has 0 fully saturated rings.